The van der Waals surface area contributed by atoms with E-state index in [-0.39, 0.29) is 49.0 Å². The van der Waals surface area contributed by atoms with Crippen molar-refractivity contribution in [3.8, 4) is 5.75 Å². The number of Topliss-reactive ketones (excluding diaryl/α,β-unsaturated/α-hetero) is 1. The van der Waals surface area contributed by atoms with Crippen molar-refractivity contribution in [3.63, 3.8) is 0 Å². The predicted octanol–water partition coefficient (Wildman–Crippen LogP) is 12.3. The molecule has 0 unspecified atom stereocenters. The molecule has 3 heterocycles. The standard InChI is InChI=1S/C28H31F3N2O2.C20H21NO2.CH4/c1-16(2)33-23-9-7-6-8-19(23)20-12-17(3)32(15-28(4,5)31)27(26(20)33)25-21(29)13-18(14-22(25)30)10-11-24(34)35;1-14(2)21-19(15(3)22)11-17-9-10-18(12-20(17)21)23-13-16-7-5-4-6-8-16;/h6-11,13-14,16-17,27H,12,15H2,1-5H3,(H,34,35);4-12,14H,13H2,1-3H3;1H4/b11-10+;;/t17-,27-;;/m1../s1. The Kier molecular flexibility index (Phi) is 13.7. The van der Waals surface area contributed by atoms with Gasteiger partial charge in [0.1, 0.15) is 29.7 Å². The number of ether oxygens (including phenoxy) is 1. The summed E-state index contributed by atoms with van der Waals surface area (Å²) in [5.41, 5.74) is 4.06. The van der Waals surface area contributed by atoms with E-state index in [1.54, 1.807) is 6.92 Å². The SMILES string of the molecule is C.CC(=O)c1cc2ccc(OCc3ccccc3)cc2n1C(C)C.CC(C)n1c2c(c3ccccc31)C[C@@H](C)N(CC(C)(C)F)[C@@H]2c1c(F)cc(/C=C/C(=O)O)cc1F. The molecule has 2 atom stereocenters. The second-order valence-electron chi connectivity index (χ2n) is 16.3. The van der Waals surface area contributed by atoms with Crippen molar-refractivity contribution < 1.29 is 32.6 Å². The number of alkyl halides is 1. The molecule has 0 fully saturated rings. The van der Waals surface area contributed by atoms with E-state index in [4.69, 9.17) is 9.84 Å². The van der Waals surface area contributed by atoms with Crippen LogP contribution in [0.4, 0.5) is 13.2 Å². The zero-order chi connectivity index (χ0) is 42.1. The Morgan fingerprint density at radius 1 is 0.881 bits per heavy atom. The van der Waals surface area contributed by atoms with E-state index in [1.165, 1.54) is 13.8 Å². The summed E-state index contributed by atoms with van der Waals surface area (Å²) in [4.78, 5) is 24.6. The molecule has 0 amide bonds. The van der Waals surface area contributed by atoms with Crippen LogP contribution in [0.2, 0.25) is 0 Å². The number of aromatic nitrogens is 2. The van der Waals surface area contributed by atoms with Gasteiger partial charge in [0.15, 0.2) is 5.78 Å². The van der Waals surface area contributed by atoms with E-state index >= 15 is 13.2 Å². The Labute approximate surface area is 345 Å². The molecule has 0 radical (unpaired) electrons. The lowest BCUT2D eigenvalue weighted by atomic mass is 9.86. The Morgan fingerprint density at radius 3 is 2.10 bits per heavy atom. The molecule has 7 rings (SSSR count). The van der Waals surface area contributed by atoms with Crippen molar-refractivity contribution in [2.45, 2.75) is 106 Å². The Hall–Kier alpha value is -5.61. The van der Waals surface area contributed by atoms with Gasteiger partial charge in [-0.3, -0.25) is 9.69 Å². The minimum absolute atomic E-state index is 0. The molecule has 10 heteroatoms. The average Bonchev–Trinajstić information content (AvgIpc) is 3.70. The fourth-order valence-corrected chi connectivity index (χ4v) is 8.22. The highest BCUT2D eigenvalue weighted by molar-refractivity contribution is 5.99. The van der Waals surface area contributed by atoms with E-state index in [0.29, 0.717) is 13.0 Å². The number of carboxylic acid groups (broad SMARTS) is 1. The van der Waals surface area contributed by atoms with Gasteiger partial charge in [-0.05, 0) is 114 Å². The first-order chi connectivity index (χ1) is 27.4. The monoisotopic (exact) mass is 807 g/mol. The number of halogens is 3. The summed E-state index contributed by atoms with van der Waals surface area (Å²) in [6, 6.07) is 27.4. The van der Waals surface area contributed by atoms with Crippen LogP contribution in [0, 0.1) is 11.6 Å². The quantitative estimate of drug-likeness (QED) is 0.104. The summed E-state index contributed by atoms with van der Waals surface area (Å²) in [5, 5.41) is 11.0. The summed E-state index contributed by atoms with van der Waals surface area (Å²) < 4.78 is 56.5. The summed E-state index contributed by atoms with van der Waals surface area (Å²) in [6.07, 6.45) is 2.62. The van der Waals surface area contributed by atoms with Gasteiger partial charge in [0, 0.05) is 71.3 Å². The number of benzene rings is 4. The van der Waals surface area contributed by atoms with Gasteiger partial charge in [0.25, 0.3) is 0 Å². The number of para-hydroxylation sites is 1. The zero-order valence-electron chi connectivity index (χ0n) is 34.4. The summed E-state index contributed by atoms with van der Waals surface area (Å²) >= 11 is 0. The summed E-state index contributed by atoms with van der Waals surface area (Å²) in [5.74, 6) is -1.89. The number of carbonyl (C=O) groups excluding carboxylic acids is 1. The van der Waals surface area contributed by atoms with E-state index in [1.807, 2.05) is 105 Å². The minimum Gasteiger partial charge on any atom is -0.489 e. The highest BCUT2D eigenvalue weighted by Gasteiger charge is 2.42. The topological polar surface area (TPSA) is 76.7 Å². The van der Waals surface area contributed by atoms with Gasteiger partial charge in [0.2, 0.25) is 0 Å². The molecule has 6 aromatic rings. The Bertz CT molecular complexity index is 2450. The third kappa shape index (κ3) is 9.65. The molecule has 1 aliphatic heterocycles. The predicted molar refractivity (Wildman–Crippen MR) is 232 cm³/mol. The smallest absolute Gasteiger partial charge is 0.328 e. The molecule has 7 nitrogen and oxygen atoms in total. The molecular formula is C49H56F3N3O4. The van der Waals surface area contributed by atoms with Gasteiger partial charge >= 0.3 is 5.97 Å². The number of carbonyl (C=O) groups is 2. The number of nitrogens with zero attached hydrogens (tertiary/aromatic N) is 3. The molecule has 312 valence electrons. The van der Waals surface area contributed by atoms with E-state index in [0.717, 1.165) is 74.4 Å². The van der Waals surface area contributed by atoms with Crippen LogP contribution in [0.15, 0.2) is 97.1 Å². The number of aliphatic carboxylic acids is 1. The van der Waals surface area contributed by atoms with Crippen LogP contribution in [0.25, 0.3) is 27.9 Å². The minimum atomic E-state index is -1.59. The molecule has 1 N–H and O–H groups in total. The number of fused-ring (bicyclic) bond motifs is 4. The maximum atomic E-state index is 15.7. The molecule has 4 aromatic carbocycles. The second-order valence-corrected chi connectivity index (χ2v) is 16.3. The number of hydrogen-bond donors (Lipinski definition) is 1. The van der Waals surface area contributed by atoms with Crippen molar-refractivity contribution in [3.05, 3.63) is 142 Å². The molecular weight excluding hydrogens is 752 g/mol. The number of ketones is 1. The lowest BCUT2D eigenvalue weighted by Gasteiger charge is -2.44. The maximum Gasteiger partial charge on any atom is 0.328 e. The van der Waals surface area contributed by atoms with Crippen LogP contribution in [0.1, 0.15) is 119 Å². The molecule has 0 bridgehead atoms. The van der Waals surface area contributed by atoms with Crippen molar-refractivity contribution in [1.82, 2.24) is 14.0 Å². The number of hydrogen-bond acceptors (Lipinski definition) is 4. The van der Waals surface area contributed by atoms with Crippen LogP contribution >= 0.6 is 0 Å². The molecule has 0 spiro atoms. The Morgan fingerprint density at radius 2 is 1.51 bits per heavy atom. The van der Waals surface area contributed by atoms with Gasteiger partial charge in [-0.15, -0.1) is 0 Å². The van der Waals surface area contributed by atoms with E-state index in [9.17, 15) is 9.59 Å². The zero-order valence-corrected chi connectivity index (χ0v) is 34.4. The summed E-state index contributed by atoms with van der Waals surface area (Å²) in [6.45, 7) is 15.3. The van der Waals surface area contributed by atoms with Crippen molar-refractivity contribution in [1.29, 1.82) is 0 Å². The molecule has 0 saturated carbocycles. The third-order valence-electron chi connectivity index (χ3n) is 10.5. The van der Waals surface area contributed by atoms with Crippen LogP contribution in [0.3, 0.4) is 0 Å². The lowest BCUT2D eigenvalue weighted by molar-refractivity contribution is -0.131. The largest absolute Gasteiger partial charge is 0.489 e. The fourth-order valence-electron chi connectivity index (χ4n) is 8.22. The highest BCUT2D eigenvalue weighted by atomic mass is 19.1. The molecule has 0 aliphatic carbocycles. The first kappa shape index (κ1) is 44.5. The average molecular weight is 808 g/mol. The van der Waals surface area contributed by atoms with Crippen molar-refractivity contribution in [2.75, 3.05) is 6.54 Å². The van der Waals surface area contributed by atoms with Gasteiger partial charge in [-0.25, -0.2) is 18.0 Å². The summed E-state index contributed by atoms with van der Waals surface area (Å²) in [7, 11) is 0. The van der Waals surface area contributed by atoms with Gasteiger partial charge in [0.05, 0.1) is 17.3 Å². The third-order valence-corrected chi connectivity index (χ3v) is 10.5. The van der Waals surface area contributed by atoms with Gasteiger partial charge in [-0.1, -0.05) is 56.0 Å². The van der Waals surface area contributed by atoms with Crippen LogP contribution < -0.4 is 4.74 Å². The van der Waals surface area contributed by atoms with E-state index in [2.05, 4.69) is 23.0 Å². The first-order valence-electron chi connectivity index (χ1n) is 19.7. The Balaban J connectivity index is 0.000000239. The first-order valence-corrected chi connectivity index (χ1v) is 19.7. The normalized spacial score (nSPS) is 15.7. The van der Waals surface area contributed by atoms with E-state index < -0.39 is 29.3 Å². The van der Waals surface area contributed by atoms with Crippen molar-refractivity contribution in [2.24, 2.45) is 0 Å². The van der Waals surface area contributed by atoms with Crippen LogP contribution in [0.5, 0.6) is 5.75 Å². The maximum absolute atomic E-state index is 15.7. The fraction of sp³-hybridized carbons (Fsp3) is 0.347. The molecule has 0 saturated heterocycles. The van der Waals surface area contributed by atoms with Crippen LogP contribution in [-0.2, 0) is 17.8 Å². The van der Waals surface area contributed by atoms with Gasteiger partial charge in [-0.2, -0.15) is 0 Å². The van der Waals surface area contributed by atoms with Gasteiger partial charge < -0.3 is 19.0 Å². The highest BCUT2D eigenvalue weighted by Crippen LogP contribution is 2.46. The van der Waals surface area contributed by atoms with Crippen molar-refractivity contribution >= 4 is 39.6 Å². The number of rotatable bonds is 11. The number of carboxylic acids is 1. The molecule has 2 aromatic heterocycles. The molecule has 59 heavy (non-hydrogen) atoms. The second kappa shape index (κ2) is 18.1. The molecule has 1 aliphatic rings. The lowest BCUT2D eigenvalue weighted by Crippen LogP contribution is -2.48. The van der Waals surface area contributed by atoms with Crippen LogP contribution in [-0.4, -0.2) is 49.1 Å².